The summed E-state index contributed by atoms with van der Waals surface area (Å²) in [5.41, 5.74) is -0.131. The SMILES string of the molecule is CC(C)C[C@]1(c2ccccc2)NC(=O)N(CN2C[C@@H](C)O[C@H](C)C2)C1=O. The zero-order valence-electron chi connectivity index (χ0n) is 16.1. The third-order valence-electron chi connectivity index (χ3n) is 4.99. The van der Waals surface area contributed by atoms with E-state index in [-0.39, 0.29) is 30.1 Å². The summed E-state index contributed by atoms with van der Waals surface area (Å²) < 4.78 is 5.75. The second kappa shape index (κ2) is 7.37. The molecule has 3 atom stereocenters. The van der Waals surface area contributed by atoms with E-state index in [0.717, 1.165) is 5.56 Å². The fourth-order valence-electron chi connectivity index (χ4n) is 4.14. The van der Waals surface area contributed by atoms with Crippen molar-refractivity contribution in [2.24, 2.45) is 5.92 Å². The van der Waals surface area contributed by atoms with Crippen molar-refractivity contribution in [3.8, 4) is 0 Å². The Bertz CT molecular complexity index is 654. The van der Waals surface area contributed by atoms with Gasteiger partial charge in [0.1, 0.15) is 5.54 Å². The molecule has 1 N–H and O–H groups in total. The second-order valence-corrected chi connectivity index (χ2v) is 7.97. The van der Waals surface area contributed by atoms with E-state index in [1.807, 2.05) is 44.2 Å². The molecule has 2 aliphatic heterocycles. The van der Waals surface area contributed by atoms with Gasteiger partial charge < -0.3 is 10.1 Å². The summed E-state index contributed by atoms with van der Waals surface area (Å²) >= 11 is 0. The number of urea groups is 1. The van der Waals surface area contributed by atoms with Gasteiger partial charge in [-0.2, -0.15) is 0 Å². The Hall–Kier alpha value is -1.92. The number of nitrogens with zero attached hydrogens (tertiary/aromatic N) is 2. The maximum absolute atomic E-state index is 13.4. The van der Waals surface area contributed by atoms with E-state index in [2.05, 4.69) is 24.1 Å². The van der Waals surface area contributed by atoms with Crippen LogP contribution in [0, 0.1) is 5.92 Å². The number of ether oxygens (including phenoxy) is 1. The van der Waals surface area contributed by atoms with Crippen LogP contribution in [-0.2, 0) is 15.1 Å². The first kappa shape index (κ1) is 18.9. The molecule has 2 fully saturated rings. The number of hydrogen-bond acceptors (Lipinski definition) is 4. The Morgan fingerprint density at radius 1 is 1.15 bits per heavy atom. The van der Waals surface area contributed by atoms with Gasteiger partial charge in [-0.25, -0.2) is 9.69 Å². The smallest absolute Gasteiger partial charge is 0.326 e. The number of imide groups is 1. The molecule has 0 aliphatic carbocycles. The minimum absolute atomic E-state index is 0.0917. The lowest BCUT2D eigenvalue weighted by atomic mass is 9.82. The lowest BCUT2D eigenvalue weighted by molar-refractivity contribution is -0.136. The highest BCUT2D eigenvalue weighted by molar-refractivity contribution is 6.07. The van der Waals surface area contributed by atoms with Gasteiger partial charge in [0, 0.05) is 13.1 Å². The van der Waals surface area contributed by atoms with E-state index in [4.69, 9.17) is 4.74 Å². The molecule has 142 valence electrons. The maximum Gasteiger partial charge on any atom is 0.326 e. The van der Waals surface area contributed by atoms with Gasteiger partial charge in [-0.05, 0) is 31.7 Å². The fraction of sp³-hybridized carbons (Fsp3) is 0.600. The van der Waals surface area contributed by atoms with Crippen molar-refractivity contribution in [2.75, 3.05) is 19.8 Å². The fourth-order valence-corrected chi connectivity index (χ4v) is 4.14. The molecule has 0 spiro atoms. The third kappa shape index (κ3) is 3.62. The summed E-state index contributed by atoms with van der Waals surface area (Å²) in [7, 11) is 0. The molecule has 0 aromatic heterocycles. The maximum atomic E-state index is 13.4. The topological polar surface area (TPSA) is 61.9 Å². The number of nitrogens with one attached hydrogen (secondary N) is 1. The number of rotatable bonds is 5. The molecule has 0 unspecified atom stereocenters. The van der Waals surface area contributed by atoms with Gasteiger partial charge >= 0.3 is 6.03 Å². The van der Waals surface area contributed by atoms with Crippen molar-refractivity contribution in [2.45, 2.75) is 51.9 Å². The normalized spacial score (nSPS) is 30.1. The quantitative estimate of drug-likeness (QED) is 0.821. The molecule has 2 heterocycles. The zero-order valence-corrected chi connectivity index (χ0v) is 16.1. The molecule has 1 aromatic carbocycles. The van der Waals surface area contributed by atoms with Gasteiger partial charge in [0.15, 0.2) is 0 Å². The van der Waals surface area contributed by atoms with Gasteiger partial charge in [0.25, 0.3) is 5.91 Å². The number of benzene rings is 1. The summed E-state index contributed by atoms with van der Waals surface area (Å²) in [6, 6.07) is 9.26. The van der Waals surface area contributed by atoms with Crippen molar-refractivity contribution >= 4 is 11.9 Å². The number of morpholine rings is 1. The minimum atomic E-state index is -0.976. The summed E-state index contributed by atoms with van der Waals surface area (Å²) in [5, 5.41) is 3.01. The first-order chi connectivity index (χ1) is 12.3. The van der Waals surface area contributed by atoms with Gasteiger partial charge in [-0.15, -0.1) is 0 Å². The summed E-state index contributed by atoms with van der Waals surface area (Å²) in [6.07, 6.45) is 0.761. The molecule has 6 nitrogen and oxygen atoms in total. The summed E-state index contributed by atoms with van der Waals surface area (Å²) in [5.74, 6) is 0.108. The Labute approximate surface area is 155 Å². The molecule has 6 heteroatoms. The van der Waals surface area contributed by atoms with Gasteiger partial charge in [0.05, 0.1) is 18.9 Å². The first-order valence-electron chi connectivity index (χ1n) is 9.39. The highest BCUT2D eigenvalue weighted by Gasteiger charge is 2.52. The molecule has 0 saturated carbocycles. The molecule has 3 rings (SSSR count). The Balaban J connectivity index is 1.85. The lowest BCUT2D eigenvalue weighted by Crippen LogP contribution is -2.51. The van der Waals surface area contributed by atoms with Gasteiger partial charge in [-0.3, -0.25) is 9.69 Å². The van der Waals surface area contributed by atoms with Crippen LogP contribution in [0.15, 0.2) is 30.3 Å². The zero-order chi connectivity index (χ0) is 18.9. The largest absolute Gasteiger partial charge is 0.373 e. The average molecular weight is 359 g/mol. The van der Waals surface area contributed by atoms with Crippen LogP contribution < -0.4 is 5.32 Å². The molecule has 3 amide bonds. The van der Waals surface area contributed by atoms with Crippen LogP contribution in [0.2, 0.25) is 0 Å². The molecular weight excluding hydrogens is 330 g/mol. The monoisotopic (exact) mass is 359 g/mol. The van der Waals surface area contributed by atoms with Crippen LogP contribution >= 0.6 is 0 Å². The molecule has 2 saturated heterocycles. The molecule has 2 aliphatic rings. The van der Waals surface area contributed by atoms with Gasteiger partial charge in [0.2, 0.25) is 0 Å². The van der Waals surface area contributed by atoms with Crippen molar-refractivity contribution in [1.82, 2.24) is 15.1 Å². The highest BCUT2D eigenvalue weighted by atomic mass is 16.5. The number of carbonyl (C=O) groups excluding carboxylic acids is 2. The summed E-state index contributed by atoms with van der Waals surface area (Å²) in [6.45, 7) is 9.89. The van der Waals surface area contributed by atoms with Crippen molar-refractivity contribution in [1.29, 1.82) is 0 Å². The van der Waals surface area contributed by atoms with Gasteiger partial charge in [-0.1, -0.05) is 44.2 Å². The molecular formula is C20H29N3O3. The number of hydrogen-bond donors (Lipinski definition) is 1. The molecule has 26 heavy (non-hydrogen) atoms. The molecule has 0 radical (unpaired) electrons. The van der Waals surface area contributed by atoms with Crippen LogP contribution in [0.3, 0.4) is 0 Å². The van der Waals surface area contributed by atoms with Crippen molar-refractivity contribution in [3.63, 3.8) is 0 Å². The first-order valence-corrected chi connectivity index (χ1v) is 9.39. The highest BCUT2D eigenvalue weighted by Crippen LogP contribution is 2.35. The summed E-state index contributed by atoms with van der Waals surface area (Å²) in [4.78, 5) is 29.6. The second-order valence-electron chi connectivity index (χ2n) is 7.97. The van der Waals surface area contributed by atoms with E-state index < -0.39 is 5.54 Å². The Morgan fingerprint density at radius 2 is 1.77 bits per heavy atom. The minimum Gasteiger partial charge on any atom is -0.373 e. The average Bonchev–Trinajstić information content (AvgIpc) is 2.79. The lowest BCUT2D eigenvalue weighted by Gasteiger charge is -2.37. The standard InChI is InChI=1S/C20H29N3O3/c1-14(2)10-20(17-8-6-5-7-9-17)18(24)23(19(25)21-20)13-22-11-15(3)26-16(4)12-22/h5-9,14-16H,10-13H2,1-4H3,(H,21,25)/t15-,16-,20-/m1/s1. The van der Waals surface area contributed by atoms with Crippen LogP contribution in [0.4, 0.5) is 4.79 Å². The van der Waals surface area contributed by atoms with E-state index in [1.165, 1.54) is 4.90 Å². The van der Waals surface area contributed by atoms with Crippen LogP contribution in [0.1, 0.15) is 39.7 Å². The van der Waals surface area contributed by atoms with E-state index in [9.17, 15) is 9.59 Å². The van der Waals surface area contributed by atoms with E-state index in [1.54, 1.807) is 0 Å². The Morgan fingerprint density at radius 3 is 2.35 bits per heavy atom. The van der Waals surface area contributed by atoms with Crippen molar-refractivity contribution in [3.05, 3.63) is 35.9 Å². The predicted molar refractivity (Wildman–Crippen MR) is 99.4 cm³/mol. The number of carbonyl (C=O) groups is 2. The van der Waals surface area contributed by atoms with Crippen LogP contribution in [0.5, 0.6) is 0 Å². The van der Waals surface area contributed by atoms with E-state index in [0.29, 0.717) is 26.2 Å². The Kier molecular flexibility index (Phi) is 5.34. The van der Waals surface area contributed by atoms with Crippen LogP contribution in [-0.4, -0.2) is 53.7 Å². The van der Waals surface area contributed by atoms with Crippen molar-refractivity contribution < 1.29 is 14.3 Å². The predicted octanol–water partition coefficient (Wildman–Crippen LogP) is 2.55. The van der Waals surface area contributed by atoms with E-state index >= 15 is 0 Å². The van der Waals surface area contributed by atoms with Crippen LogP contribution in [0.25, 0.3) is 0 Å². The molecule has 1 aromatic rings. The third-order valence-corrected chi connectivity index (χ3v) is 4.99. The molecule has 0 bridgehead atoms. The number of amides is 3.